The van der Waals surface area contributed by atoms with Crippen LogP contribution in [0.1, 0.15) is 39.0 Å². The topological polar surface area (TPSA) is 51.2 Å². The van der Waals surface area contributed by atoms with Gasteiger partial charge < -0.3 is 10.1 Å². The van der Waals surface area contributed by atoms with Gasteiger partial charge in [0.2, 0.25) is 5.91 Å². The standard InChI is InChI=1S/C16H24N2O2S/c1-12(21-2)16(19)18-15-14(9-6-10-17-15)20-11-13-7-4-3-5-8-13/h6,9-10,12-13H,3-5,7-8,11H2,1-2H3,(H,17,18,19). The molecule has 0 bridgehead atoms. The summed E-state index contributed by atoms with van der Waals surface area (Å²) >= 11 is 1.51. The maximum Gasteiger partial charge on any atom is 0.238 e. The van der Waals surface area contributed by atoms with E-state index in [1.807, 2.05) is 25.3 Å². The lowest BCUT2D eigenvalue weighted by Crippen LogP contribution is -2.23. The molecule has 0 saturated heterocycles. The molecule has 116 valence electrons. The van der Waals surface area contributed by atoms with Crippen molar-refractivity contribution >= 4 is 23.5 Å². The van der Waals surface area contributed by atoms with Crippen molar-refractivity contribution in [1.82, 2.24) is 4.98 Å². The molecule has 1 fully saturated rings. The van der Waals surface area contributed by atoms with Crippen molar-refractivity contribution in [2.24, 2.45) is 5.92 Å². The molecule has 21 heavy (non-hydrogen) atoms. The lowest BCUT2D eigenvalue weighted by Gasteiger charge is -2.22. The smallest absolute Gasteiger partial charge is 0.238 e. The average Bonchev–Trinajstić information content (AvgIpc) is 2.54. The molecule has 1 aromatic rings. The number of ether oxygens (including phenoxy) is 1. The number of pyridine rings is 1. The van der Waals surface area contributed by atoms with Crippen LogP contribution in [0.25, 0.3) is 0 Å². The maximum absolute atomic E-state index is 12.0. The number of aromatic nitrogens is 1. The summed E-state index contributed by atoms with van der Waals surface area (Å²) in [4.78, 5) is 16.2. The van der Waals surface area contributed by atoms with Crippen molar-refractivity contribution in [3.63, 3.8) is 0 Å². The van der Waals surface area contributed by atoms with Gasteiger partial charge in [0.05, 0.1) is 11.9 Å². The quantitative estimate of drug-likeness (QED) is 0.870. The van der Waals surface area contributed by atoms with Crippen molar-refractivity contribution in [2.45, 2.75) is 44.3 Å². The molecule has 1 atom stereocenters. The van der Waals surface area contributed by atoms with Crippen LogP contribution in [0.15, 0.2) is 18.3 Å². The maximum atomic E-state index is 12.0. The summed E-state index contributed by atoms with van der Waals surface area (Å²) in [6.07, 6.45) is 10.0. The highest BCUT2D eigenvalue weighted by molar-refractivity contribution is 7.99. The third-order valence-electron chi connectivity index (χ3n) is 3.93. The van der Waals surface area contributed by atoms with Crippen LogP contribution in [-0.2, 0) is 4.79 Å². The number of hydrogen-bond acceptors (Lipinski definition) is 4. The molecule has 0 aromatic carbocycles. The number of nitrogens with one attached hydrogen (secondary N) is 1. The number of carbonyl (C=O) groups is 1. The summed E-state index contributed by atoms with van der Waals surface area (Å²) in [7, 11) is 0. The molecule has 4 nitrogen and oxygen atoms in total. The van der Waals surface area contributed by atoms with Gasteiger partial charge in [-0.2, -0.15) is 11.8 Å². The van der Waals surface area contributed by atoms with Crippen molar-refractivity contribution in [3.8, 4) is 5.75 Å². The fourth-order valence-corrected chi connectivity index (χ4v) is 2.76. The Kier molecular flexibility index (Phi) is 6.36. The number of thioether (sulfide) groups is 1. The molecule has 0 aliphatic heterocycles. The Labute approximate surface area is 131 Å². The first-order chi connectivity index (χ1) is 10.2. The van der Waals surface area contributed by atoms with Crippen LogP contribution in [0.5, 0.6) is 5.75 Å². The van der Waals surface area contributed by atoms with Crippen LogP contribution >= 0.6 is 11.8 Å². The molecule has 1 aromatic heterocycles. The van der Waals surface area contributed by atoms with E-state index in [2.05, 4.69) is 10.3 Å². The SMILES string of the molecule is CSC(C)C(=O)Nc1ncccc1OCC1CCCCC1. The van der Waals surface area contributed by atoms with E-state index in [0.717, 1.165) is 0 Å². The number of hydrogen-bond donors (Lipinski definition) is 1. The number of nitrogens with zero attached hydrogens (tertiary/aromatic N) is 1. The van der Waals surface area contributed by atoms with E-state index in [9.17, 15) is 4.79 Å². The van der Waals surface area contributed by atoms with Gasteiger partial charge >= 0.3 is 0 Å². The van der Waals surface area contributed by atoms with Gasteiger partial charge in [-0.1, -0.05) is 19.3 Å². The van der Waals surface area contributed by atoms with Gasteiger partial charge in [-0.05, 0) is 44.1 Å². The Bertz CT molecular complexity index is 461. The molecule has 1 aliphatic carbocycles. The summed E-state index contributed by atoms with van der Waals surface area (Å²) in [5.74, 6) is 1.79. The first-order valence-corrected chi connectivity index (χ1v) is 8.91. The van der Waals surface area contributed by atoms with Gasteiger partial charge in [-0.3, -0.25) is 4.79 Å². The molecule has 5 heteroatoms. The lowest BCUT2D eigenvalue weighted by atomic mass is 9.90. The van der Waals surface area contributed by atoms with Crippen molar-refractivity contribution in [3.05, 3.63) is 18.3 Å². The first-order valence-electron chi connectivity index (χ1n) is 7.62. The molecule has 1 saturated carbocycles. The zero-order valence-corrected chi connectivity index (χ0v) is 13.6. The van der Waals surface area contributed by atoms with Gasteiger partial charge in [0.25, 0.3) is 0 Å². The van der Waals surface area contributed by atoms with E-state index in [-0.39, 0.29) is 11.2 Å². The molecular formula is C16H24N2O2S. The Morgan fingerprint density at radius 2 is 2.24 bits per heavy atom. The van der Waals surface area contributed by atoms with Gasteiger partial charge in [0.15, 0.2) is 11.6 Å². The molecule has 1 amide bonds. The van der Waals surface area contributed by atoms with E-state index in [4.69, 9.17) is 4.74 Å². The minimum Gasteiger partial charge on any atom is -0.489 e. The predicted octanol–water partition coefficient (Wildman–Crippen LogP) is 3.73. The molecular weight excluding hydrogens is 284 g/mol. The van der Waals surface area contributed by atoms with Crippen LogP contribution in [0.2, 0.25) is 0 Å². The molecule has 1 N–H and O–H groups in total. The third-order valence-corrected chi connectivity index (χ3v) is 4.86. The minimum absolute atomic E-state index is 0.0382. The highest BCUT2D eigenvalue weighted by atomic mass is 32.2. The minimum atomic E-state index is -0.0989. The van der Waals surface area contributed by atoms with Crippen molar-refractivity contribution < 1.29 is 9.53 Å². The van der Waals surface area contributed by atoms with Crippen LogP contribution in [0.3, 0.4) is 0 Å². The Balaban J connectivity index is 1.94. The summed E-state index contributed by atoms with van der Waals surface area (Å²) in [5, 5.41) is 2.75. The van der Waals surface area contributed by atoms with E-state index in [1.54, 1.807) is 6.20 Å². The van der Waals surface area contributed by atoms with Gasteiger partial charge in [-0.15, -0.1) is 0 Å². The van der Waals surface area contributed by atoms with Crippen molar-refractivity contribution in [2.75, 3.05) is 18.2 Å². The summed E-state index contributed by atoms with van der Waals surface area (Å²) in [6, 6.07) is 3.71. The molecule has 1 unspecified atom stereocenters. The zero-order valence-electron chi connectivity index (χ0n) is 12.8. The molecule has 1 heterocycles. The lowest BCUT2D eigenvalue weighted by molar-refractivity contribution is -0.115. The molecule has 1 aliphatic rings. The van der Waals surface area contributed by atoms with Crippen LogP contribution < -0.4 is 10.1 Å². The Morgan fingerprint density at radius 3 is 2.95 bits per heavy atom. The van der Waals surface area contributed by atoms with E-state index < -0.39 is 0 Å². The highest BCUT2D eigenvalue weighted by Crippen LogP contribution is 2.27. The van der Waals surface area contributed by atoms with Gasteiger partial charge in [-0.25, -0.2) is 4.98 Å². The average molecular weight is 308 g/mol. The second-order valence-corrected chi connectivity index (χ2v) is 6.71. The summed E-state index contributed by atoms with van der Waals surface area (Å²) in [5.41, 5.74) is 0. The third kappa shape index (κ3) is 4.92. The molecule has 0 radical (unpaired) electrons. The van der Waals surface area contributed by atoms with E-state index in [1.165, 1.54) is 43.9 Å². The van der Waals surface area contributed by atoms with Crippen LogP contribution in [0, 0.1) is 5.92 Å². The fourth-order valence-electron chi connectivity index (χ4n) is 2.49. The predicted molar refractivity (Wildman–Crippen MR) is 87.9 cm³/mol. The van der Waals surface area contributed by atoms with Crippen molar-refractivity contribution in [1.29, 1.82) is 0 Å². The first kappa shape index (κ1) is 16.1. The highest BCUT2D eigenvalue weighted by Gasteiger charge is 2.17. The van der Waals surface area contributed by atoms with Gasteiger partial charge in [0.1, 0.15) is 0 Å². The number of rotatable bonds is 6. The number of carbonyl (C=O) groups excluding carboxylic acids is 1. The van der Waals surface area contributed by atoms with Crippen LogP contribution in [-0.4, -0.2) is 29.0 Å². The zero-order chi connectivity index (χ0) is 15.1. The van der Waals surface area contributed by atoms with E-state index >= 15 is 0 Å². The Morgan fingerprint density at radius 1 is 1.48 bits per heavy atom. The number of amides is 1. The largest absolute Gasteiger partial charge is 0.489 e. The Hall–Kier alpha value is -1.23. The summed E-state index contributed by atoms with van der Waals surface area (Å²) < 4.78 is 5.91. The summed E-state index contributed by atoms with van der Waals surface area (Å²) in [6.45, 7) is 2.60. The van der Waals surface area contributed by atoms with Crippen LogP contribution in [0.4, 0.5) is 5.82 Å². The molecule has 2 rings (SSSR count). The number of anilines is 1. The monoisotopic (exact) mass is 308 g/mol. The second-order valence-electron chi connectivity index (χ2n) is 5.53. The fraction of sp³-hybridized carbons (Fsp3) is 0.625. The second kappa shape index (κ2) is 8.27. The molecule has 0 spiro atoms. The van der Waals surface area contributed by atoms with E-state index in [0.29, 0.717) is 24.1 Å². The van der Waals surface area contributed by atoms with Gasteiger partial charge in [0, 0.05) is 6.20 Å². The normalized spacial score (nSPS) is 17.2.